The zero-order valence-corrected chi connectivity index (χ0v) is 38.3. The van der Waals surface area contributed by atoms with Crippen molar-refractivity contribution in [2.75, 3.05) is 38.1 Å². The molecule has 3 aromatic heterocycles. The number of fused-ring (bicyclic) bond motifs is 2. The zero-order chi connectivity index (χ0) is 47.5. The number of pyridine rings is 1. The maximum absolute atomic E-state index is 14.5. The fourth-order valence-electron chi connectivity index (χ4n) is 9.91. The molecule has 0 radical (unpaired) electrons. The molecule has 0 saturated carbocycles. The number of likely N-dealkylation sites (tertiary alicyclic amines) is 1. The number of aromatic nitrogens is 5. The summed E-state index contributed by atoms with van der Waals surface area (Å²) in [7, 11) is 3.39. The Bertz CT molecular complexity index is 2840. The second-order valence-electron chi connectivity index (χ2n) is 18.4. The first-order chi connectivity index (χ1) is 32.8. The fourth-order valence-corrected chi connectivity index (χ4v) is 9.91. The Morgan fingerprint density at radius 2 is 1.66 bits per heavy atom. The van der Waals surface area contributed by atoms with E-state index in [4.69, 9.17) is 4.74 Å². The van der Waals surface area contributed by atoms with E-state index < -0.39 is 23.5 Å². The number of nitrogens with one attached hydrogen (secondary N) is 1. The van der Waals surface area contributed by atoms with E-state index >= 15 is 0 Å². The third-order valence-electron chi connectivity index (χ3n) is 13.9. The van der Waals surface area contributed by atoms with Crippen LogP contribution in [0.2, 0.25) is 0 Å². The molecule has 2 fully saturated rings. The van der Waals surface area contributed by atoms with Gasteiger partial charge in [0.15, 0.2) is 0 Å². The van der Waals surface area contributed by atoms with Gasteiger partial charge in [0.1, 0.15) is 18.4 Å². The van der Waals surface area contributed by atoms with Crippen molar-refractivity contribution in [2.24, 2.45) is 13.0 Å². The molecular formula is C51H56F3N9O5. The first-order valence-electron chi connectivity index (χ1n) is 23.4. The molecule has 356 valence electrons. The lowest BCUT2D eigenvalue weighted by molar-refractivity contribution is -0.136. The molecule has 6 aromatic rings. The molecule has 1 N–H and O–H groups in total. The van der Waals surface area contributed by atoms with Gasteiger partial charge in [-0.15, -0.1) is 10.2 Å². The molecule has 6 heterocycles. The van der Waals surface area contributed by atoms with Crippen molar-refractivity contribution in [1.82, 2.24) is 38.8 Å². The number of rotatable bonds is 16. The minimum atomic E-state index is -4.66. The number of halogens is 3. The highest BCUT2D eigenvalue weighted by atomic mass is 19.4. The maximum atomic E-state index is 14.5. The number of carbonyl (C=O) groups excluding carboxylic acids is 3. The number of hydrogen-bond acceptors (Lipinski definition) is 9. The molecule has 0 bridgehead atoms. The number of hydrogen-bond donors (Lipinski definition) is 1. The summed E-state index contributed by atoms with van der Waals surface area (Å²) < 4.78 is 54.0. The summed E-state index contributed by atoms with van der Waals surface area (Å²) in [5.41, 5.74) is 5.09. The van der Waals surface area contributed by atoms with E-state index in [2.05, 4.69) is 55.6 Å². The summed E-state index contributed by atoms with van der Waals surface area (Å²) in [5.74, 6) is 0.940. The smallest absolute Gasteiger partial charge is 0.373 e. The minimum Gasteiger partial charge on any atom is -0.373 e. The van der Waals surface area contributed by atoms with E-state index in [1.54, 1.807) is 41.0 Å². The van der Waals surface area contributed by atoms with Gasteiger partial charge in [0.05, 0.1) is 35.5 Å². The predicted molar refractivity (Wildman–Crippen MR) is 249 cm³/mol. The molecule has 2 saturated heterocycles. The molecule has 17 heteroatoms. The van der Waals surface area contributed by atoms with Crippen molar-refractivity contribution in [3.05, 3.63) is 147 Å². The number of aryl methyl sites for hydroxylation is 1. The predicted octanol–water partition coefficient (Wildman–Crippen LogP) is 6.52. The maximum Gasteiger partial charge on any atom is 0.418 e. The van der Waals surface area contributed by atoms with Crippen LogP contribution < -0.4 is 15.9 Å². The van der Waals surface area contributed by atoms with Crippen LogP contribution in [-0.4, -0.2) is 97.0 Å². The van der Waals surface area contributed by atoms with E-state index in [1.165, 1.54) is 28.6 Å². The van der Waals surface area contributed by atoms with Crippen LogP contribution in [0.25, 0.3) is 11.2 Å². The highest BCUT2D eigenvalue weighted by Gasteiger charge is 2.36. The highest BCUT2D eigenvalue weighted by Crippen LogP contribution is 2.35. The Labute approximate surface area is 392 Å². The fraction of sp³-hybridized carbons (Fsp3) is 0.412. The van der Waals surface area contributed by atoms with Crippen LogP contribution in [0.3, 0.4) is 0 Å². The van der Waals surface area contributed by atoms with Gasteiger partial charge < -0.3 is 29.2 Å². The van der Waals surface area contributed by atoms with Crippen LogP contribution in [-0.2, 0) is 60.1 Å². The van der Waals surface area contributed by atoms with Crippen LogP contribution in [0.15, 0.2) is 96.3 Å². The first-order valence-corrected chi connectivity index (χ1v) is 23.4. The van der Waals surface area contributed by atoms with E-state index in [-0.39, 0.29) is 42.8 Å². The minimum absolute atomic E-state index is 0.0315. The number of ether oxygens (including phenoxy) is 1. The van der Waals surface area contributed by atoms with Crippen LogP contribution >= 0.6 is 0 Å². The summed E-state index contributed by atoms with van der Waals surface area (Å²) in [4.78, 5) is 56.5. The molecule has 2 amide bonds. The Hall–Kier alpha value is -6.59. The number of piperidine rings is 2. The lowest BCUT2D eigenvalue weighted by Gasteiger charge is -2.34. The number of alkyl halides is 3. The monoisotopic (exact) mass is 931 g/mol. The third-order valence-corrected chi connectivity index (χ3v) is 13.9. The summed E-state index contributed by atoms with van der Waals surface area (Å²) in [6.07, 6.45) is 6.02. The van der Waals surface area contributed by atoms with Crippen LogP contribution in [0.1, 0.15) is 88.1 Å². The van der Waals surface area contributed by atoms with Crippen molar-refractivity contribution in [3.8, 4) is 5.69 Å². The molecule has 0 spiro atoms. The number of anilines is 1. The summed E-state index contributed by atoms with van der Waals surface area (Å²) in [5, 5.41) is 10.6. The number of carbonyl (C=O) groups is 3. The highest BCUT2D eigenvalue weighted by molar-refractivity contribution is 6.00. The van der Waals surface area contributed by atoms with Gasteiger partial charge in [-0.2, -0.15) is 13.2 Å². The molecule has 68 heavy (non-hydrogen) atoms. The lowest BCUT2D eigenvalue weighted by atomic mass is 9.89. The van der Waals surface area contributed by atoms with Gasteiger partial charge in [-0.25, -0.2) is 4.79 Å². The van der Waals surface area contributed by atoms with Gasteiger partial charge in [-0.3, -0.25) is 23.5 Å². The average molecular weight is 932 g/mol. The number of nitrogens with zero attached hydrogens (tertiary/aromatic N) is 8. The normalized spacial score (nSPS) is 16.7. The van der Waals surface area contributed by atoms with Crippen molar-refractivity contribution in [2.45, 2.75) is 89.4 Å². The number of benzene rings is 3. The largest absolute Gasteiger partial charge is 0.418 e. The van der Waals surface area contributed by atoms with Gasteiger partial charge in [0.25, 0.3) is 5.91 Å². The lowest BCUT2D eigenvalue weighted by Crippen LogP contribution is -2.37. The Kier molecular flexibility index (Phi) is 13.6. The van der Waals surface area contributed by atoms with E-state index in [0.717, 1.165) is 84.1 Å². The van der Waals surface area contributed by atoms with E-state index in [0.29, 0.717) is 55.4 Å². The van der Waals surface area contributed by atoms with Crippen molar-refractivity contribution in [1.29, 1.82) is 0 Å². The summed E-state index contributed by atoms with van der Waals surface area (Å²) in [6.45, 7) is 4.25. The molecule has 3 aliphatic rings. The Balaban J connectivity index is 0.738. The summed E-state index contributed by atoms with van der Waals surface area (Å²) >= 11 is 0. The molecule has 3 aliphatic heterocycles. The van der Waals surface area contributed by atoms with E-state index in [1.807, 2.05) is 25.2 Å². The van der Waals surface area contributed by atoms with Crippen LogP contribution in [0.5, 0.6) is 0 Å². The molecule has 1 unspecified atom stereocenters. The molecular weight excluding hydrogens is 876 g/mol. The van der Waals surface area contributed by atoms with Crippen molar-refractivity contribution in [3.63, 3.8) is 0 Å². The number of aldehydes is 1. The van der Waals surface area contributed by atoms with E-state index in [9.17, 15) is 32.3 Å². The molecule has 9 rings (SSSR count). The Morgan fingerprint density at radius 1 is 0.897 bits per heavy atom. The van der Waals surface area contributed by atoms with Crippen LogP contribution in [0, 0.1) is 5.92 Å². The van der Waals surface area contributed by atoms with Gasteiger partial charge in [-0.05, 0) is 109 Å². The van der Waals surface area contributed by atoms with Gasteiger partial charge in [0.2, 0.25) is 5.91 Å². The number of imidazole rings is 1. The summed E-state index contributed by atoms with van der Waals surface area (Å²) in [6, 6.07) is 22.2. The van der Waals surface area contributed by atoms with Crippen molar-refractivity contribution >= 4 is 29.3 Å². The zero-order valence-electron chi connectivity index (χ0n) is 38.3. The van der Waals surface area contributed by atoms with Crippen molar-refractivity contribution < 1.29 is 32.3 Å². The molecule has 1 atom stereocenters. The SMILES string of the molecule is CNC(=O)CCC(C=O)N1Cc2cc(N3CCC(Cc4ccc(COC5CCN(Cc6cc(C(F)(F)F)c7cn(-c8cccc(Cc9nncn9C)c8)c(=O)n7c6)CC5)cc4)CC3)ccc2C1=O. The second kappa shape index (κ2) is 19.9. The standard InChI is InChI=1S/C51H56F3N9O5/c1-55-48(65)13-11-42(31-64)61-29-39-26-40(10-12-44(39)49(61)66)60-20-14-35(15-21-60)22-34-6-8-36(9-7-34)32-68-43-16-18-59(19-17-43)27-38-24-45(51(52,53)54)46-30-62(50(67)63(46)28-38)41-5-3-4-37(23-41)25-47-57-56-33-58(47)2/h3-10,12,23-24,26,28,30-31,33,35,42-43H,11,13-22,25,27,29,32H2,1-2H3,(H,55,65). The Morgan fingerprint density at radius 3 is 2.37 bits per heavy atom. The quantitative estimate of drug-likeness (QED) is 0.108. The average Bonchev–Trinajstić information content (AvgIpc) is 4.02. The van der Waals surface area contributed by atoms with Gasteiger partial charge in [0, 0.05) is 89.9 Å². The molecule has 14 nitrogen and oxygen atoms in total. The second-order valence-corrected chi connectivity index (χ2v) is 18.4. The molecule has 0 aliphatic carbocycles. The topological polar surface area (TPSA) is 139 Å². The third kappa shape index (κ3) is 10.3. The van der Waals surface area contributed by atoms with Gasteiger partial charge in [-0.1, -0.05) is 36.4 Å². The first kappa shape index (κ1) is 46.5. The molecule has 3 aromatic carbocycles. The van der Waals surface area contributed by atoms with Gasteiger partial charge >= 0.3 is 11.9 Å². The van der Waals surface area contributed by atoms with Crippen LogP contribution in [0.4, 0.5) is 18.9 Å². The number of amides is 2.